The van der Waals surface area contributed by atoms with Gasteiger partial charge in [0.25, 0.3) is 0 Å². The van der Waals surface area contributed by atoms with Crippen LogP contribution in [0, 0.1) is 0 Å². The van der Waals surface area contributed by atoms with Crippen LogP contribution in [-0.4, -0.2) is 9.97 Å². The van der Waals surface area contributed by atoms with E-state index in [1.165, 1.54) is 0 Å². The lowest BCUT2D eigenvalue weighted by Crippen LogP contribution is -1.92. The molecule has 0 bridgehead atoms. The summed E-state index contributed by atoms with van der Waals surface area (Å²) in [6.07, 6.45) is 8.73. The maximum Gasteiger partial charge on any atom is 0.159 e. The van der Waals surface area contributed by atoms with E-state index in [-0.39, 0.29) is 5.83 Å². The Balaban J connectivity index is 2.13. The van der Waals surface area contributed by atoms with Gasteiger partial charge in [0.1, 0.15) is 5.83 Å². The molecule has 0 aliphatic rings. The van der Waals surface area contributed by atoms with Crippen molar-refractivity contribution in [2.75, 3.05) is 0 Å². The van der Waals surface area contributed by atoms with Crippen LogP contribution in [0.5, 0.6) is 0 Å². The normalized spacial score (nSPS) is 11.7. The van der Waals surface area contributed by atoms with E-state index >= 15 is 0 Å². The number of hydrogen-bond acceptors (Lipinski definition) is 2. The van der Waals surface area contributed by atoms with Gasteiger partial charge in [-0.25, -0.2) is 14.4 Å². The summed E-state index contributed by atoms with van der Waals surface area (Å²) in [7, 11) is 0. The number of allylic oxidation sites excluding steroid dienone is 1. The Bertz CT molecular complexity index is 586. The standard InChI is InChI=1S/C18H21FN2/c1-3-5-15-12-20-18(21-13-15)16-9-7-14(8-10-16)11-17(19)6-4-2/h7-13H,3-6H2,1-2H3. The van der Waals surface area contributed by atoms with Crippen molar-refractivity contribution in [2.24, 2.45) is 0 Å². The second kappa shape index (κ2) is 7.67. The van der Waals surface area contributed by atoms with Gasteiger partial charge in [0, 0.05) is 18.0 Å². The summed E-state index contributed by atoms with van der Waals surface area (Å²) in [5.41, 5.74) is 2.97. The van der Waals surface area contributed by atoms with Gasteiger partial charge < -0.3 is 0 Å². The van der Waals surface area contributed by atoms with Crippen molar-refractivity contribution in [1.29, 1.82) is 0 Å². The van der Waals surface area contributed by atoms with Crippen molar-refractivity contribution in [3.8, 4) is 11.4 Å². The topological polar surface area (TPSA) is 25.8 Å². The zero-order chi connectivity index (χ0) is 15.1. The third-order valence-corrected chi connectivity index (χ3v) is 3.22. The van der Waals surface area contributed by atoms with Gasteiger partial charge in [0.2, 0.25) is 0 Å². The van der Waals surface area contributed by atoms with E-state index < -0.39 is 0 Å². The summed E-state index contributed by atoms with van der Waals surface area (Å²) in [6, 6.07) is 7.65. The first-order valence-corrected chi connectivity index (χ1v) is 7.50. The molecule has 21 heavy (non-hydrogen) atoms. The SMILES string of the molecule is CCCC(F)=Cc1ccc(-c2ncc(CCC)cn2)cc1. The number of nitrogens with zero attached hydrogens (tertiary/aromatic N) is 2. The minimum atomic E-state index is -0.0783. The summed E-state index contributed by atoms with van der Waals surface area (Å²) in [5, 5.41) is 0. The van der Waals surface area contributed by atoms with Crippen LogP contribution >= 0.6 is 0 Å². The van der Waals surface area contributed by atoms with Crippen LogP contribution in [0.1, 0.15) is 44.2 Å². The number of hydrogen-bond donors (Lipinski definition) is 0. The Morgan fingerprint density at radius 1 is 1.05 bits per heavy atom. The Labute approximate surface area is 125 Å². The summed E-state index contributed by atoms with van der Waals surface area (Å²) in [5.74, 6) is 0.629. The number of rotatable bonds is 6. The molecular formula is C18H21FN2. The molecule has 1 heterocycles. The molecule has 110 valence electrons. The van der Waals surface area contributed by atoms with Crippen LogP contribution in [0.4, 0.5) is 4.39 Å². The Morgan fingerprint density at radius 2 is 1.71 bits per heavy atom. The van der Waals surface area contributed by atoms with Crippen LogP contribution < -0.4 is 0 Å². The minimum absolute atomic E-state index is 0.0783. The van der Waals surface area contributed by atoms with Crippen molar-refractivity contribution in [3.05, 3.63) is 53.6 Å². The van der Waals surface area contributed by atoms with E-state index in [1.54, 1.807) is 6.08 Å². The Hall–Kier alpha value is -2.03. The first-order chi connectivity index (χ1) is 10.2. The van der Waals surface area contributed by atoms with Gasteiger partial charge in [-0.2, -0.15) is 0 Å². The van der Waals surface area contributed by atoms with Crippen LogP contribution in [0.25, 0.3) is 17.5 Å². The Morgan fingerprint density at radius 3 is 2.29 bits per heavy atom. The fourth-order valence-electron chi connectivity index (χ4n) is 2.14. The van der Waals surface area contributed by atoms with Crippen LogP contribution in [0.3, 0.4) is 0 Å². The van der Waals surface area contributed by atoms with Crippen LogP contribution in [0.2, 0.25) is 0 Å². The van der Waals surface area contributed by atoms with Crippen molar-refractivity contribution in [2.45, 2.75) is 39.5 Å². The predicted octanol–water partition coefficient (Wildman–Crippen LogP) is 5.21. The van der Waals surface area contributed by atoms with Gasteiger partial charge in [-0.05, 0) is 36.5 Å². The van der Waals surface area contributed by atoms with E-state index in [0.717, 1.165) is 36.0 Å². The van der Waals surface area contributed by atoms with Gasteiger partial charge >= 0.3 is 0 Å². The molecule has 0 saturated carbocycles. The lowest BCUT2D eigenvalue weighted by atomic mass is 10.1. The molecular weight excluding hydrogens is 263 g/mol. The molecule has 0 aliphatic heterocycles. The molecule has 0 N–H and O–H groups in total. The molecule has 0 amide bonds. The summed E-state index contributed by atoms with van der Waals surface area (Å²) in [6.45, 7) is 4.11. The van der Waals surface area contributed by atoms with Crippen LogP contribution in [-0.2, 0) is 6.42 Å². The first kappa shape index (κ1) is 15.4. The smallest absolute Gasteiger partial charge is 0.159 e. The largest absolute Gasteiger partial charge is 0.236 e. The third-order valence-electron chi connectivity index (χ3n) is 3.22. The molecule has 2 nitrogen and oxygen atoms in total. The summed E-state index contributed by atoms with van der Waals surface area (Å²) >= 11 is 0. The van der Waals surface area contributed by atoms with Crippen molar-refractivity contribution in [3.63, 3.8) is 0 Å². The number of benzene rings is 1. The van der Waals surface area contributed by atoms with Crippen molar-refractivity contribution < 1.29 is 4.39 Å². The quantitative estimate of drug-likeness (QED) is 0.728. The highest BCUT2D eigenvalue weighted by atomic mass is 19.1. The van der Waals surface area contributed by atoms with Crippen molar-refractivity contribution in [1.82, 2.24) is 9.97 Å². The fourth-order valence-corrected chi connectivity index (χ4v) is 2.14. The van der Waals surface area contributed by atoms with E-state index in [0.29, 0.717) is 12.2 Å². The molecule has 2 rings (SSSR count). The molecule has 0 spiro atoms. The average Bonchev–Trinajstić information content (AvgIpc) is 2.49. The molecule has 0 saturated heterocycles. The monoisotopic (exact) mass is 284 g/mol. The lowest BCUT2D eigenvalue weighted by Gasteiger charge is -2.03. The maximum absolute atomic E-state index is 13.5. The highest BCUT2D eigenvalue weighted by Gasteiger charge is 2.02. The van der Waals surface area contributed by atoms with E-state index in [2.05, 4.69) is 16.9 Å². The third kappa shape index (κ3) is 4.48. The molecule has 1 aromatic carbocycles. The van der Waals surface area contributed by atoms with E-state index in [1.807, 2.05) is 43.6 Å². The maximum atomic E-state index is 13.5. The molecule has 0 fully saturated rings. The van der Waals surface area contributed by atoms with E-state index in [4.69, 9.17) is 0 Å². The number of aryl methyl sites for hydroxylation is 1. The van der Waals surface area contributed by atoms with Gasteiger partial charge in [0.15, 0.2) is 5.82 Å². The fraction of sp³-hybridized carbons (Fsp3) is 0.333. The second-order valence-electron chi connectivity index (χ2n) is 5.13. The van der Waals surface area contributed by atoms with Gasteiger partial charge in [-0.1, -0.05) is 44.5 Å². The van der Waals surface area contributed by atoms with E-state index in [9.17, 15) is 4.39 Å². The number of aromatic nitrogens is 2. The van der Waals surface area contributed by atoms with Crippen LogP contribution in [0.15, 0.2) is 42.5 Å². The summed E-state index contributed by atoms with van der Waals surface area (Å²) < 4.78 is 13.5. The zero-order valence-electron chi connectivity index (χ0n) is 12.6. The predicted molar refractivity (Wildman–Crippen MR) is 85.5 cm³/mol. The van der Waals surface area contributed by atoms with Gasteiger partial charge in [-0.15, -0.1) is 0 Å². The molecule has 0 radical (unpaired) electrons. The molecule has 3 heteroatoms. The number of halogens is 1. The molecule has 0 atom stereocenters. The van der Waals surface area contributed by atoms with Crippen molar-refractivity contribution >= 4 is 6.08 Å². The zero-order valence-corrected chi connectivity index (χ0v) is 12.6. The molecule has 0 unspecified atom stereocenters. The van der Waals surface area contributed by atoms with Gasteiger partial charge in [0.05, 0.1) is 0 Å². The highest BCUT2D eigenvalue weighted by molar-refractivity contribution is 5.60. The molecule has 2 aromatic rings. The molecule has 0 aliphatic carbocycles. The highest BCUT2D eigenvalue weighted by Crippen LogP contribution is 2.18. The molecule has 1 aromatic heterocycles. The van der Waals surface area contributed by atoms with Gasteiger partial charge in [-0.3, -0.25) is 0 Å². The second-order valence-corrected chi connectivity index (χ2v) is 5.13. The Kier molecular flexibility index (Phi) is 5.61. The first-order valence-electron chi connectivity index (χ1n) is 7.50. The summed E-state index contributed by atoms with van der Waals surface area (Å²) in [4.78, 5) is 8.77. The lowest BCUT2D eigenvalue weighted by molar-refractivity contribution is 0.591. The average molecular weight is 284 g/mol. The minimum Gasteiger partial charge on any atom is -0.236 e.